The first kappa shape index (κ1) is 17.8. The number of halogens is 2. The molecule has 21 heavy (non-hydrogen) atoms. The Balaban J connectivity index is 2.78. The van der Waals surface area contributed by atoms with Crippen LogP contribution < -0.4 is 10.1 Å². The molecule has 0 aliphatic heterocycles. The summed E-state index contributed by atoms with van der Waals surface area (Å²) in [6.07, 6.45) is -0.728. The van der Waals surface area contributed by atoms with Crippen LogP contribution in [0.25, 0.3) is 0 Å². The summed E-state index contributed by atoms with van der Waals surface area (Å²) < 4.78 is 6.27. The molecule has 0 aromatic heterocycles. The van der Waals surface area contributed by atoms with Gasteiger partial charge in [0.05, 0.1) is 10.5 Å². The maximum absolute atomic E-state index is 12.2. The minimum absolute atomic E-state index is 0.0130. The number of benzene rings is 1. The minimum Gasteiger partial charge on any atom is -0.480 e. The molecule has 114 valence electrons. The van der Waals surface area contributed by atoms with Gasteiger partial charge in [0.25, 0.3) is 5.91 Å². The summed E-state index contributed by atoms with van der Waals surface area (Å²) >= 11 is 9.19. The van der Waals surface area contributed by atoms with Gasteiger partial charge in [-0.3, -0.25) is 4.79 Å². The Hall–Kier alpha value is -1.25. The monoisotopic (exact) mass is 372 g/mol. The molecule has 0 heterocycles. The SMILES string of the molecule is CC(C)[C@](C)(C#N)NC(=O)[C@@H](C)Oc1ccc(Cl)cc1Br. The molecule has 0 saturated carbocycles. The molecular weight excluding hydrogens is 356 g/mol. The van der Waals surface area contributed by atoms with Crippen molar-refractivity contribution in [3.05, 3.63) is 27.7 Å². The van der Waals surface area contributed by atoms with E-state index in [0.717, 1.165) is 0 Å². The molecule has 1 rings (SSSR count). The summed E-state index contributed by atoms with van der Waals surface area (Å²) in [5, 5.41) is 12.5. The number of nitrogens with one attached hydrogen (secondary N) is 1. The lowest BCUT2D eigenvalue weighted by molar-refractivity contribution is -0.129. The van der Waals surface area contributed by atoms with E-state index in [0.29, 0.717) is 15.2 Å². The van der Waals surface area contributed by atoms with Crippen LogP contribution in [0.5, 0.6) is 5.75 Å². The summed E-state index contributed by atoms with van der Waals surface area (Å²) in [6.45, 7) is 7.09. The maximum atomic E-state index is 12.2. The van der Waals surface area contributed by atoms with Crippen LogP contribution in [0.4, 0.5) is 0 Å². The zero-order valence-electron chi connectivity index (χ0n) is 12.4. The standard InChI is InChI=1S/C15H18BrClN2O2/c1-9(2)15(4,8-18)19-14(20)10(3)21-13-6-5-11(17)7-12(13)16/h5-7,9-10H,1-4H3,(H,19,20)/t10-,15+/m1/s1. The van der Waals surface area contributed by atoms with Gasteiger partial charge in [0.2, 0.25) is 0 Å². The number of nitriles is 1. The lowest BCUT2D eigenvalue weighted by Gasteiger charge is -2.28. The van der Waals surface area contributed by atoms with Crippen LogP contribution in [-0.2, 0) is 4.79 Å². The third kappa shape index (κ3) is 4.62. The summed E-state index contributed by atoms with van der Waals surface area (Å²) in [4.78, 5) is 12.2. The van der Waals surface area contributed by atoms with Gasteiger partial charge in [0.1, 0.15) is 11.3 Å². The molecule has 0 fully saturated rings. The number of hydrogen-bond donors (Lipinski definition) is 1. The highest BCUT2D eigenvalue weighted by atomic mass is 79.9. The van der Waals surface area contributed by atoms with E-state index in [9.17, 15) is 10.1 Å². The Labute approximate surface area is 138 Å². The molecule has 0 bridgehead atoms. The van der Waals surface area contributed by atoms with E-state index < -0.39 is 11.6 Å². The van der Waals surface area contributed by atoms with Gasteiger partial charge in [0, 0.05) is 5.02 Å². The van der Waals surface area contributed by atoms with E-state index >= 15 is 0 Å². The predicted molar refractivity (Wildman–Crippen MR) is 86.2 cm³/mol. The molecule has 1 amide bonds. The van der Waals surface area contributed by atoms with Crippen LogP contribution in [-0.4, -0.2) is 17.6 Å². The van der Waals surface area contributed by atoms with Gasteiger partial charge in [-0.15, -0.1) is 0 Å². The Morgan fingerprint density at radius 2 is 2.10 bits per heavy atom. The van der Waals surface area contributed by atoms with Gasteiger partial charge in [-0.25, -0.2) is 0 Å². The van der Waals surface area contributed by atoms with Crippen molar-refractivity contribution in [2.24, 2.45) is 5.92 Å². The van der Waals surface area contributed by atoms with Crippen LogP contribution in [0.1, 0.15) is 27.7 Å². The quantitative estimate of drug-likeness (QED) is 0.850. The highest BCUT2D eigenvalue weighted by Gasteiger charge is 2.32. The molecule has 4 nitrogen and oxygen atoms in total. The van der Waals surface area contributed by atoms with Gasteiger partial charge < -0.3 is 10.1 Å². The van der Waals surface area contributed by atoms with Gasteiger partial charge in [-0.05, 0) is 53.9 Å². The van der Waals surface area contributed by atoms with Crippen LogP contribution in [0.2, 0.25) is 5.02 Å². The van der Waals surface area contributed by atoms with Crippen molar-refractivity contribution in [3.63, 3.8) is 0 Å². The van der Waals surface area contributed by atoms with Gasteiger partial charge in [-0.1, -0.05) is 25.4 Å². The molecule has 2 atom stereocenters. The number of carbonyl (C=O) groups is 1. The molecule has 0 aliphatic rings. The molecule has 0 spiro atoms. The molecule has 6 heteroatoms. The fourth-order valence-electron chi connectivity index (χ4n) is 1.47. The summed E-state index contributed by atoms with van der Waals surface area (Å²) in [5.74, 6) is 0.167. The van der Waals surface area contributed by atoms with E-state index in [1.54, 1.807) is 32.0 Å². The average molecular weight is 374 g/mol. The molecule has 0 saturated heterocycles. The number of rotatable bonds is 5. The molecule has 1 aromatic rings. The smallest absolute Gasteiger partial charge is 0.262 e. The molecule has 1 aromatic carbocycles. The predicted octanol–water partition coefficient (Wildman–Crippen LogP) is 3.92. The number of amides is 1. The summed E-state index contributed by atoms with van der Waals surface area (Å²) in [5.41, 5.74) is -0.925. The Kier molecular flexibility index (Phi) is 6.06. The highest BCUT2D eigenvalue weighted by Crippen LogP contribution is 2.29. The fraction of sp³-hybridized carbons (Fsp3) is 0.467. The lowest BCUT2D eigenvalue weighted by Crippen LogP contribution is -2.52. The third-order valence-corrected chi connectivity index (χ3v) is 4.19. The van der Waals surface area contributed by atoms with Crippen LogP contribution in [0.3, 0.4) is 0 Å². The number of carbonyl (C=O) groups excluding carboxylic acids is 1. The third-order valence-electron chi connectivity index (χ3n) is 3.34. The summed E-state index contributed by atoms with van der Waals surface area (Å²) in [7, 11) is 0. The Morgan fingerprint density at radius 1 is 1.48 bits per heavy atom. The first-order valence-electron chi connectivity index (χ1n) is 6.54. The molecule has 0 radical (unpaired) electrons. The average Bonchev–Trinajstić information content (AvgIpc) is 2.41. The summed E-state index contributed by atoms with van der Waals surface area (Å²) in [6, 6.07) is 7.18. The van der Waals surface area contributed by atoms with E-state index in [1.165, 1.54) is 0 Å². The van der Waals surface area contributed by atoms with E-state index in [-0.39, 0.29) is 11.8 Å². The second-order valence-corrected chi connectivity index (χ2v) is 6.58. The first-order valence-corrected chi connectivity index (χ1v) is 7.71. The number of nitrogens with zero attached hydrogens (tertiary/aromatic N) is 1. The zero-order valence-corrected chi connectivity index (χ0v) is 14.7. The Morgan fingerprint density at radius 3 is 2.57 bits per heavy atom. The molecule has 0 aliphatic carbocycles. The van der Waals surface area contributed by atoms with Crippen molar-refractivity contribution in [2.75, 3.05) is 0 Å². The fourth-order valence-corrected chi connectivity index (χ4v) is 2.25. The van der Waals surface area contributed by atoms with Crippen molar-refractivity contribution in [2.45, 2.75) is 39.3 Å². The minimum atomic E-state index is -0.925. The zero-order chi connectivity index (χ0) is 16.2. The second-order valence-electron chi connectivity index (χ2n) is 5.29. The van der Waals surface area contributed by atoms with Crippen LogP contribution >= 0.6 is 27.5 Å². The topological polar surface area (TPSA) is 62.1 Å². The van der Waals surface area contributed by atoms with Crippen molar-refractivity contribution >= 4 is 33.4 Å². The van der Waals surface area contributed by atoms with Gasteiger partial charge >= 0.3 is 0 Å². The first-order chi connectivity index (χ1) is 9.69. The normalized spacial score (nSPS) is 15.0. The Bertz CT molecular complexity index is 571. The van der Waals surface area contributed by atoms with Gasteiger partial charge in [-0.2, -0.15) is 5.26 Å². The van der Waals surface area contributed by atoms with Crippen LogP contribution in [0, 0.1) is 17.2 Å². The highest BCUT2D eigenvalue weighted by molar-refractivity contribution is 9.10. The molecule has 1 N–H and O–H groups in total. The van der Waals surface area contributed by atoms with Crippen molar-refractivity contribution in [1.82, 2.24) is 5.32 Å². The molecule has 0 unspecified atom stereocenters. The van der Waals surface area contributed by atoms with Gasteiger partial charge in [0.15, 0.2) is 6.10 Å². The van der Waals surface area contributed by atoms with E-state index in [2.05, 4.69) is 27.3 Å². The number of hydrogen-bond acceptors (Lipinski definition) is 3. The second kappa shape index (κ2) is 7.15. The largest absolute Gasteiger partial charge is 0.480 e. The van der Waals surface area contributed by atoms with Crippen LogP contribution in [0.15, 0.2) is 22.7 Å². The maximum Gasteiger partial charge on any atom is 0.262 e. The molecular formula is C15H18BrClN2O2. The van der Waals surface area contributed by atoms with E-state index in [4.69, 9.17) is 16.3 Å². The lowest BCUT2D eigenvalue weighted by atomic mass is 9.90. The van der Waals surface area contributed by atoms with Crippen molar-refractivity contribution in [1.29, 1.82) is 5.26 Å². The number of ether oxygens (including phenoxy) is 1. The van der Waals surface area contributed by atoms with Crippen molar-refractivity contribution < 1.29 is 9.53 Å². The van der Waals surface area contributed by atoms with E-state index in [1.807, 2.05) is 13.8 Å². The van der Waals surface area contributed by atoms with Crippen molar-refractivity contribution in [3.8, 4) is 11.8 Å².